The summed E-state index contributed by atoms with van der Waals surface area (Å²) >= 11 is 6.08. The summed E-state index contributed by atoms with van der Waals surface area (Å²) in [6, 6.07) is 15.0. The summed E-state index contributed by atoms with van der Waals surface area (Å²) in [4.78, 5) is 12.4. The van der Waals surface area contributed by atoms with Crippen LogP contribution in [-0.4, -0.2) is 11.7 Å². The van der Waals surface area contributed by atoms with Gasteiger partial charge < -0.3 is 9.30 Å². The summed E-state index contributed by atoms with van der Waals surface area (Å²) < 4.78 is 6.92. The van der Waals surface area contributed by atoms with E-state index in [2.05, 4.69) is 0 Å². The van der Waals surface area contributed by atoms with Gasteiger partial charge in [0.1, 0.15) is 5.75 Å². The molecule has 0 unspecified atom stereocenters. The first kappa shape index (κ1) is 14.7. The average molecular weight is 314 g/mol. The minimum absolute atomic E-state index is 0.0110. The van der Waals surface area contributed by atoms with Crippen LogP contribution in [0.4, 0.5) is 0 Å². The fourth-order valence-corrected chi connectivity index (χ4v) is 2.77. The second-order valence-electron chi connectivity index (χ2n) is 5.26. The van der Waals surface area contributed by atoms with E-state index in [0.717, 1.165) is 27.8 Å². The van der Waals surface area contributed by atoms with Gasteiger partial charge in [-0.3, -0.25) is 4.79 Å². The summed E-state index contributed by atoms with van der Waals surface area (Å²) in [5.74, 6) is 0.802. The van der Waals surface area contributed by atoms with Crippen LogP contribution in [0.2, 0.25) is 5.02 Å². The third kappa shape index (κ3) is 2.72. The van der Waals surface area contributed by atoms with Gasteiger partial charge in [0.25, 0.3) is 5.56 Å². The molecule has 0 saturated heterocycles. The molecule has 0 bridgehead atoms. The molecule has 0 aliphatic carbocycles. The monoisotopic (exact) mass is 313 g/mol. The largest absolute Gasteiger partial charge is 0.497 e. The van der Waals surface area contributed by atoms with Crippen LogP contribution >= 0.6 is 11.6 Å². The van der Waals surface area contributed by atoms with Crippen LogP contribution in [0.1, 0.15) is 11.1 Å². The fourth-order valence-electron chi connectivity index (χ4n) is 2.60. The number of rotatable bonds is 3. The molecule has 0 N–H and O–H groups in total. The maximum Gasteiger partial charge on any atom is 0.251 e. The maximum absolute atomic E-state index is 12.4. The Morgan fingerprint density at radius 1 is 1.09 bits per heavy atom. The van der Waals surface area contributed by atoms with Gasteiger partial charge in [-0.05, 0) is 48.4 Å². The zero-order valence-electron chi connectivity index (χ0n) is 12.5. The van der Waals surface area contributed by atoms with E-state index >= 15 is 0 Å². The van der Waals surface area contributed by atoms with Crippen LogP contribution in [0.5, 0.6) is 5.75 Å². The van der Waals surface area contributed by atoms with E-state index in [0.29, 0.717) is 11.6 Å². The van der Waals surface area contributed by atoms with Crippen molar-refractivity contribution in [3.8, 4) is 5.75 Å². The van der Waals surface area contributed by atoms with Crippen molar-refractivity contribution in [3.05, 3.63) is 75.0 Å². The molecular formula is C18H16ClNO2. The second-order valence-corrected chi connectivity index (χ2v) is 5.70. The molecule has 3 rings (SSSR count). The zero-order valence-corrected chi connectivity index (χ0v) is 13.2. The minimum Gasteiger partial charge on any atom is -0.497 e. The Morgan fingerprint density at radius 3 is 2.50 bits per heavy atom. The molecule has 0 aliphatic heterocycles. The second kappa shape index (κ2) is 5.85. The number of methoxy groups -OCH3 is 1. The molecule has 1 aromatic heterocycles. The van der Waals surface area contributed by atoms with Crippen LogP contribution in [-0.2, 0) is 6.54 Å². The Bertz CT molecular complexity index is 882. The molecule has 0 amide bonds. The first-order valence-corrected chi connectivity index (χ1v) is 7.39. The van der Waals surface area contributed by atoms with E-state index in [1.807, 2.05) is 49.4 Å². The van der Waals surface area contributed by atoms with Gasteiger partial charge in [-0.1, -0.05) is 23.7 Å². The quantitative estimate of drug-likeness (QED) is 0.731. The number of hydrogen-bond donors (Lipinski definition) is 0. The lowest BCUT2D eigenvalue weighted by Crippen LogP contribution is -2.20. The number of ether oxygens (including phenoxy) is 1. The molecule has 0 atom stereocenters. The number of halogens is 1. The Labute approximate surface area is 133 Å². The highest BCUT2D eigenvalue weighted by Crippen LogP contribution is 2.22. The Hall–Kier alpha value is -2.26. The Morgan fingerprint density at radius 2 is 1.82 bits per heavy atom. The number of benzene rings is 2. The molecular weight excluding hydrogens is 298 g/mol. The van der Waals surface area contributed by atoms with Gasteiger partial charge in [-0.2, -0.15) is 0 Å². The molecule has 4 heteroatoms. The first-order valence-electron chi connectivity index (χ1n) is 7.01. The van der Waals surface area contributed by atoms with Gasteiger partial charge in [0.05, 0.1) is 19.2 Å². The van der Waals surface area contributed by atoms with Crippen molar-refractivity contribution in [1.29, 1.82) is 0 Å². The molecule has 0 saturated carbocycles. The lowest BCUT2D eigenvalue weighted by molar-refractivity contribution is 0.414. The van der Waals surface area contributed by atoms with Gasteiger partial charge in [-0.25, -0.2) is 0 Å². The standard InChI is InChI=1S/C18H16ClNO2/c1-12-9-18(21)20(17-8-5-14(19)10-16(12)17)11-13-3-6-15(22-2)7-4-13/h3-10H,11H2,1-2H3. The SMILES string of the molecule is COc1ccc(Cn2c(=O)cc(C)c3cc(Cl)ccc32)cc1. The molecule has 2 aromatic carbocycles. The molecule has 22 heavy (non-hydrogen) atoms. The van der Waals surface area contributed by atoms with Crippen LogP contribution in [0.15, 0.2) is 53.3 Å². The topological polar surface area (TPSA) is 31.2 Å². The number of hydrogen-bond acceptors (Lipinski definition) is 2. The van der Waals surface area contributed by atoms with Gasteiger partial charge in [0.15, 0.2) is 0 Å². The summed E-state index contributed by atoms with van der Waals surface area (Å²) in [6.07, 6.45) is 0. The third-order valence-corrected chi connectivity index (χ3v) is 4.02. The molecule has 1 heterocycles. The van der Waals surface area contributed by atoms with Crippen molar-refractivity contribution in [2.75, 3.05) is 7.11 Å². The molecule has 0 fully saturated rings. The van der Waals surface area contributed by atoms with Gasteiger partial charge >= 0.3 is 0 Å². The molecule has 0 aliphatic rings. The third-order valence-electron chi connectivity index (χ3n) is 3.78. The van der Waals surface area contributed by atoms with E-state index in [-0.39, 0.29) is 5.56 Å². The van der Waals surface area contributed by atoms with E-state index in [1.54, 1.807) is 17.7 Å². The van der Waals surface area contributed by atoms with E-state index in [9.17, 15) is 4.79 Å². The lowest BCUT2D eigenvalue weighted by atomic mass is 10.1. The van der Waals surface area contributed by atoms with Crippen molar-refractivity contribution >= 4 is 22.5 Å². The Balaban J connectivity index is 2.11. The number of fused-ring (bicyclic) bond motifs is 1. The molecule has 0 spiro atoms. The van der Waals surface area contributed by atoms with E-state index in [4.69, 9.17) is 16.3 Å². The highest BCUT2D eigenvalue weighted by molar-refractivity contribution is 6.31. The van der Waals surface area contributed by atoms with Crippen LogP contribution < -0.4 is 10.3 Å². The summed E-state index contributed by atoms with van der Waals surface area (Å²) in [5, 5.41) is 1.67. The predicted octanol–water partition coefficient (Wildman–Crippen LogP) is 4.02. The van der Waals surface area contributed by atoms with Crippen LogP contribution in [0.25, 0.3) is 10.9 Å². The number of aromatic nitrogens is 1. The summed E-state index contributed by atoms with van der Waals surface area (Å²) in [6.45, 7) is 2.44. The van der Waals surface area contributed by atoms with Crippen molar-refractivity contribution in [3.63, 3.8) is 0 Å². The molecule has 0 radical (unpaired) electrons. The van der Waals surface area contributed by atoms with E-state index < -0.39 is 0 Å². The van der Waals surface area contributed by atoms with Crippen molar-refractivity contribution < 1.29 is 4.74 Å². The Kier molecular flexibility index (Phi) is 3.90. The molecule has 112 valence electrons. The van der Waals surface area contributed by atoms with Gasteiger partial charge in [0, 0.05) is 16.5 Å². The first-order chi connectivity index (χ1) is 10.6. The van der Waals surface area contributed by atoms with Gasteiger partial charge in [0.2, 0.25) is 0 Å². The predicted molar refractivity (Wildman–Crippen MR) is 90.1 cm³/mol. The lowest BCUT2D eigenvalue weighted by Gasteiger charge is -2.13. The number of nitrogens with zero attached hydrogens (tertiary/aromatic N) is 1. The summed E-state index contributed by atoms with van der Waals surface area (Å²) in [5.41, 5.74) is 2.87. The van der Waals surface area contributed by atoms with Crippen molar-refractivity contribution in [1.82, 2.24) is 4.57 Å². The van der Waals surface area contributed by atoms with Crippen LogP contribution in [0.3, 0.4) is 0 Å². The zero-order chi connectivity index (χ0) is 15.7. The van der Waals surface area contributed by atoms with Gasteiger partial charge in [-0.15, -0.1) is 0 Å². The number of aryl methyl sites for hydroxylation is 1. The maximum atomic E-state index is 12.4. The van der Waals surface area contributed by atoms with Crippen LogP contribution in [0, 0.1) is 6.92 Å². The van der Waals surface area contributed by atoms with Crippen molar-refractivity contribution in [2.24, 2.45) is 0 Å². The normalized spacial score (nSPS) is 10.9. The van der Waals surface area contributed by atoms with E-state index in [1.165, 1.54) is 0 Å². The highest BCUT2D eigenvalue weighted by Gasteiger charge is 2.08. The number of pyridine rings is 1. The fraction of sp³-hybridized carbons (Fsp3) is 0.167. The molecule has 3 nitrogen and oxygen atoms in total. The highest BCUT2D eigenvalue weighted by atomic mass is 35.5. The summed E-state index contributed by atoms with van der Waals surface area (Å²) in [7, 11) is 1.64. The minimum atomic E-state index is -0.0110. The molecule has 3 aromatic rings. The average Bonchev–Trinajstić information content (AvgIpc) is 2.52. The van der Waals surface area contributed by atoms with Crippen molar-refractivity contribution in [2.45, 2.75) is 13.5 Å². The smallest absolute Gasteiger partial charge is 0.251 e.